The molecular formula is C21H37IN4O3. The number of methoxy groups -OCH3 is 1. The Morgan fingerprint density at radius 3 is 2.59 bits per heavy atom. The first-order chi connectivity index (χ1) is 13.2. The van der Waals surface area contributed by atoms with E-state index in [1.807, 2.05) is 63.9 Å². The van der Waals surface area contributed by atoms with Crippen LogP contribution in [0.15, 0.2) is 29.3 Å². The van der Waals surface area contributed by atoms with Crippen molar-refractivity contribution < 1.29 is 14.3 Å². The maximum Gasteiger partial charge on any atom is 0.240 e. The number of carbonyl (C=O) groups is 1. The summed E-state index contributed by atoms with van der Waals surface area (Å²) in [6.45, 7) is 10.7. The predicted molar refractivity (Wildman–Crippen MR) is 129 cm³/mol. The number of benzene rings is 1. The van der Waals surface area contributed by atoms with E-state index in [1.165, 1.54) is 0 Å². The summed E-state index contributed by atoms with van der Waals surface area (Å²) >= 11 is 0. The van der Waals surface area contributed by atoms with Crippen LogP contribution in [0.3, 0.4) is 0 Å². The van der Waals surface area contributed by atoms with Crippen molar-refractivity contribution in [2.75, 3.05) is 40.5 Å². The SMILES string of the molecule is CCNC(=NCc1cccc(OCCCOC)c1)N(C)CC(=O)NC(C)(C)C.I. The van der Waals surface area contributed by atoms with Crippen LogP contribution in [0.25, 0.3) is 0 Å². The van der Waals surface area contributed by atoms with Gasteiger partial charge in [-0.05, 0) is 45.4 Å². The average molecular weight is 520 g/mol. The number of likely N-dealkylation sites (N-methyl/N-ethyl adjacent to an activating group) is 1. The van der Waals surface area contributed by atoms with Crippen LogP contribution < -0.4 is 15.4 Å². The minimum atomic E-state index is -0.253. The fraction of sp³-hybridized carbons (Fsp3) is 0.619. The summed E-state index contributed by atoms with van der Waals surface area (Å²) < 4.78 is 10.8. The van der Waals surface area contributed by atoms with Gasteiger partial charge in [0.15, 0.2) is 5.96 Å². The predicted octanol–water partition coefficient (Wildman–Crippen LogP) is 3.03. The number of amides is 1. The first-order valence-corrected chi connectivity index (χ1v) is 9.76. The van der Waals surface area contributed by atoms with E-state index in [4.69, 9.17) is 9.47 Å². The van der Waals surface area contributed by atoms with Gasteiger partial charge in [0.2, 0.25) is 5.91 Å². The molecule has 0 saturated heterocycles. The van der Waals surface area contributed by atoms with Crippen molar-refractivity contribution >= 4 is 35.8 Å². The van der Waals surface area contributed by atoms with Crippen LogP contribution in [0.4, 0.5) is 0 Å². The highest BCUT2D eigenvalue weighted by Gasteiger charge is 2.16. The number of guanidine groups is 1. The maximum absolute atomic E-state index is 12.2. The number of carbonyl (C=O) groups excluding carboxylic acids is 1. The molecule has 1 aromatic carbocycles. The van der Waals surface area contributed by atoms with Crippen molar-refractivity contribution in [3.8, 4) is 5.75 Å². The zero-order valence-electron chi connectivity index (χ0n) is 18.6. The summed E-state index contributed by atoms with van der Waals surface area (Å²) in [6, 6.07) is 7.91. The highest BCUT2D eigenvalue weighted by atomic mass is 127. The van der Waals surface area contributed by atoms with Gasteiger partial charge in [0, 0.05) is 39.3 Å². The summed E-state index contributed by atoms with van der Waals surface area (Å²) in [4.78, 5) is 18.7. The second-order valence-electron chi connectivity index (χ2n) is 7.67. The molecule has 0 aliphatic rings. The largest absolute Gasteiger partial charge is 0.493 e. The van der Waals surface area contributed by atoms with Crippen LogP contribution in [-0.2, 0) is 16.1 Å². The Hall–Kier alpha value is -1.55. The lowest BCUT2D eigenvalue weighted by Crippen LogP contribution is -2.48. The molecule has 0 saturated carbocycles. The van der Waals surface area contributed by atoms with E-state index in [0.717, 1.165) is 24.3 Å². The smallest absolute Gasteiger partial charge is 0.240 e. The van der Waals surface area contributed by atoms with Gasteiger partial charge in [-0.1, -0.05) is 12.1 Å². The van der Waals surface area contributed by atoms with Crippen LogP contribution in [0.5, 0.6) is 5.75 Å². The Kier molecular flexibility index (Phi) is 13.7. The number of hydrogen-bond acceptors (Lipinski definition) is 4. The van der Waals surface area contributed by atoms with Crippen molar-refractivity contribution in [1.82, 2.24) is 15.5 Å². The lowest BCUT2D eigenvalue weighted by Gasteiger charge is -2.25. The second kappa shape index (κ2) is 14.4. The third-order valence-corrected chi connectivity index (χ3v) is 3.66. The molecule has 0 heterocycles. The van der Waals surface area contributed by atoms with Gasteiger partial charge in [-0.2, -0.15) is 0 Å². The summed E-state index contributed by atoms with van der Waals surface area (Å²) in [7, 11) is 3.55. The highest BCUT2D eigenvalue weighted by molar-refractivity contribution is 14.0. The molecule has 0 unspecified atom stereocenters. The van der Waals surface area contributed by atoms with E-state index in [9.17, 15) is 4.79 Å². The minimum absolute atomic E-state index is 0. The molecule has 0 radical (unpaired) electrons. The highest BCUT2D eigenvalue weighted by Crippen LogP contribution is 2.14. The van der Waals surface area contributed by atoms with E-state index in [0.29, 0.717) is 25.7 Å². The number of ether oxygens (including phenoxy) is 2. The molecule has 0 spiro atoms. The van der Waals surface area contributed by atoms with E-state index >= 15 is 0 Å². The van der Waals surface area contributed by atoms with E-state index in [-0.39, 0.29) is 42.0 Å². The van der Waals surface area contributed by atoms with Gasteiger partial charge < -0.3 is 25.0 Å². The average Bonchev–Trinajstić information content (AvgIpc) is 2.61. The molecule has 29 heavy (non-hydrogen) atoms. The Bertz CT molecular complexity index is 633. The minimum Gasteiger partial charge on any atom is -0.493 e. The quantitative estimate of drug-likeness (QED) is 0.215. The fourth-order valence-corrected chi connectivity index (χ4v) is 2.51. The normalized spacial score (nSPS) is 11.4. The van der Waals surface area contributed by atoms with Crippen LogP contribution in [-0.4, -0.2) is 62.8 Å². The molecule has 1 rings (SSSR count). The Labute approximate surface area is 192 Å². The molecule has 0 fully saturated rings. The molecule has 0 aliphatic carbocycles. The third-order valence-electron chi connectivity index (χ3n) is 3.66. The Morgan fingerprint density at radius 2 is 1.97 bits per heavy atom. The van der Waals surface area contributed by atoms with Gasteiger partial charge in [-0.25, -0.2) is 4.99 Å². The lowest BCUT2D eigenvalue weighted by atomic mass is 10.1. The molecule has 8 heteroatoms. The van der Waals surface area contributed by atoms with Crippen molar-refractivity contribution in [3.63, 3.8) is 0 Å². The number of nitrogens with zero attached hydrogens (tertiary/aromatic N) is 2. The van der Waals surface area contributed by atoms with Crippen molar-refractivity contribution in [3.05, 3.63) is 29.8 Å². The second-order valence-corrected chi connectivity index (χ2v) is 7.67. The van der Waals surface area contributed by atoms with Gasteiger partial charge in [0.1, 0.15) is 5.75 Å². The Morgan fingerprint density at radius 1 is 1.24 bits per heavy atom. The zero-order valence-corrected chi connectivity index (χ0v) is 20.9. The summed E-state index contributed by atoms with van der Waals surface area (Å²) in [5, 5.41) is 6.20. The van der Waals surface area contributed by atoms with E-state index < -0.39 is 0 Å². The maximum atomic E-state index is 12.2. The third kappa shape index (κ3) is 12.6. The van der Waals surface area contributed by atoms with Gasteiger partial charge in [-0.3, -0.25) is 4.79 Å². The molecule has 0 aromatic heterocycles. The molecule has 1 amide bonds. The summed E-state index contributed by atoms with van der Waals surface area (Å²) in [5.74, 6) is 1.48. The van der Waals surface area contributed by atoms with Gasteiger partial charge in [0.05, 0.1) is 19.7 Å². The van der Waals surface area contributed by atoms with Crippen molar-refractivity contribution in [1.29, 1.82) is 0 Å². The van der Waals surface area contributed by atoms with Crippen molar-refractivity contribution in [2.45, 2.75) is 46.2 Å². The lowest BCUT2D eigenvalue weighted by molar-refractivity contribution is -0.122. The van der Waals surface area contributed by atoms with E-state index in [2.05, 4.69) is 15.6 Å². The molecule has 7 nitrogen and oxygen atoms in total. The molecule has 166 valence electrons. The van der Waals surface area contributed by atoms with Crippen molar-refractivity contribution in [2.24, 2.45) is 4.99 Å². The molecule has 0 atom stereocenters. The van der Waals surface area contributed by atoms with E-state index in [1.54, 1.807) is 7.11 Å². The zero-order chi connectivity index (χ0) is 21.0. The number of aliphatic imine (C=N–C) groups is 1. The number of rotatable bonds is 10. The first-order valence-electron chi connectivity index (χ1n) is 9.76. The molecular weight excluding hydrogens is 483 g/mol. The first kappa shape index (κ1) is 27.5. The van der Waals surface area contributed by atoms with Gasteiger partial charge in [-0.15, -0.1) is 24.0 Å². The number of nitrogens with one attached hydrogen (secondary N) is 2. The molecule has 2 N–H and O–H groups in total. The van der Waals surface area contributed by atoms with Crippen LogP contribution >= 0.6 is 24.0 Å². The Balaban J connectivity index is 0.00000784. The van der Waals surface area contributed by atoms with Crippen LogP contribution in [0, 0.1) is 0 Å². The van der Waals surface area contributed by atoms with Gasteiger partial charge in [0.25, 0.3) is 0 Å². The monoisotopic (exact) mass is 520 g/mol. The van der Waals surface area contributed by atoms with Gasteiger partial charge >= 0.3 is 0 Å². The fourth-order valence-electron chi connectivity index (χ4n) is 2.51. The standard InChI is InChI=1S/C21H36N4O3.HI/c1-7-22-20(25(5)16-19(26)24-21(2,3)4)23-15-17-10-8-11-18(14-17)28-13-9-12-27-6;/h8,10-11,14H,7,9,12-13,15-16H2,1-6H3,(H,22,23)(H,24,26);1H. The molecule has 1 aromatic rings. The summed E-state index contributed by atoms with van der Waals surface area (Å²) in [5.41, 5.74) is 0.795. The molecule has 0 bridgehead atoms. The summed E-state index contributed by atoms with van der Waals surface area (Å²) in [6.07, 6.45) is 0.852. The van der Waals surface area contributed by atoms with Crippen LogP contribution in [0.1, 0.15) is 39.7 Å². The number of hydrogen-bond donors (Lipinski definition) is 2. The topological polar surface area (TPSA) is 75.2 Å². The van der Waals surface area contributed by atoms with Crippen LogP contribution in [0.2, 0.25) is 0 Å². The molecule has 0 aliphatic heterocycles. The number of halogens is 1.